The van der Waals surface area contributed by atoms with E-state index in [-0.39, 0.29) is 5.78 Å². The monoisotopic (exact) mass is 542 g/mol. The summed E-state index contributed by atoms with van der Waals surface area (Å²) in [6.07, 6.45) is 5.77. The number of hydrogen-bond donors (Lipinski definition) is 0. The molecule has 2 aromatic heterocycles. The van der Waals surface area contributed by atoms with E-state index in [0.717, 1.165) is 6.42 Å². The average Bonchev–Trinajstić information content (AvgIpc) is 3.50. The van der Waals surface area contributed by atoms with E-state index in [1.165, 1.54) is 0 Å². The van der Waals surface area contributed by atoms with E-state index < -0.39 is 0 Å². The Labute approximate surface area is 222 Å². The Morgan fingerprint density at radius 1 is 0.629 bits per heavy atom. The number of carbonyl (C=O) groups is 1. The molecule has 0 radical (unpaired) electrons. The Balaban J connectivity index is 1.39. The van der Waals surface area contributed by atoms with E-state index in [9.17, 15) is 4.79 Å². The van der Waals surface area contributed by atoms with Gasteiger partial charge < -0.3 is 8.83 Å². The van der Waals surface area contributed by atoms with Crippen LogP contribution in [0, 0.1) is 0 Å². The van der Waals surface area contributed by atoms with Crippen LogP contribution in [0.2, 0.25) is 20.1 Å². The van der Waals surface area contributed by atoms with Crippen molar-refractivity contribution in [2.24, 2.45) is 0 Å². The second-order valence-electron chi connectivity index (χ2n) is 8.13. The van der Waals surface area contributed by atoms with Crippen LogP contribution in [-0.4, -0.2) is 5.78 Å². The lowest BCUT2D eigenvalue weighted by Gasteiger charge is -2.15. The molecule has 7 heteroatoms. The zero-order chi connectivity index (χ0) is 24.5. The summed E-state index contributed by atoms with van der Waals surface area (Å²) in [5, 5.41) is 1.77. The molecular formula is C28H18Cl4O3. The molecule has 0 N–H and O–H groups in total. The van der Waals surface area contributed by atoms with Crippen LogP contribution < -0.4 is 0 Å². The molecule has 2 heterocycles. The molecule has 0 atom stereocenters. The third-order valence-electron chi connectivity index (χ3n) is 5.80. The van der Waals surface area contributed by atoms with Crippen molar-refractivity contribution in [3.8, 4) is 22.6 Å². The third kappa shape index (κ3) is 5.00. The molecule has 4 aromatic rings. The fourth-order valence-corrected chi connectivity index (χ4v) is 4.85. The lowest BCUT2D eigenvalue weighted by Crippen LogP contribution is -2.12. The van der Waals surface area contributed by atoms with Gasteiger partial charge in [-0.1, -0.05) is 58.5 Å². The summed E-state index contributed by atoms with van der Waals surface area (Å²) in [6.45, 7) is 0. The summed E-state index contributed by atoms with van der Waals surface area (Å²) in [6, 6.07) is 18.0. The molecule has 1 fully saturated rings. The third-order valence-corrected chi connectivity index (χ3v) is 7.43. The maximum Gasteiger partial charge on any atom is 0.185 e. The molecule has 2 aromatic carbocycles. The molecule has 0 amide bonds. The van der Waals surface area contributed by atoms with E-state index in [4.69, 9.17) is 55.2 Å². The highest BCUT2D eigenvalue weighted by atomic mass is 35.5. The van der Waals surface area contributed by atoms with Gasteiger partial charge in [0.1, 0.15) is 23.0 Å². The van der Waals surface area contributed by atoms with E-state index in [2.05, 4.69) is 0 Å². The van der Waals surface area contributed by atoms with Crippen molar-refractivity contribution in [2.45, 2.75) is 19.3 Å². The zero-order valence-electron chi connectivity index (χ0n) is 18.3. The van der Waals surface area contributed by atoms with Crippen molar-refractivity contribution in [1.82, 2.24) is 0 Å². The van der Waals surface area contributed by atoms with Crippen LogP contribution in [-0.2, 0) is 4.79 Å². The Hall–Kier alpha value is -2.69. The minimum Gasteiger partial charge on any atom is -0.457 e. The van der Waals surface area contributed by atoms with Crippen molar-refractivity contribution in [1.29, 1.82) is 0 Å². The maximum absolute atomic E-state index is 13.2. The first-order valence-electron chi connectivity index (χ1n) is 10.9. The van der Waals surface area contributed by atoms with E-state index in [0.29, 0.717) is 78.2 Å². The Kier molecular flexibility index (Phi) is 6.95. The molecule has 176 valence electrons. The van der Waals surface area contributed by atoms with Gasteiger partial charge in [0, 0.05) is 22.3 Å². The summed E-state index contributed by atoms with van der Waals surface area (Å²) < 4.78 is 11.9. The first kappa shape index (κ1) is 24.0. The van der Waals surface area contributed by atoms with Crippen molar-refractivity contribution in [3.05, 3.63) is 103 Å². The SMILES string of the molecule is O=C1/C(=C\c2ccc(-c3cccc(Cl)c3Cl)o2)CCC/C1=C\c1ccc(-c2cccc(Cl)c2Cl)o1. The average molecular weight is 544 g/mol. The highest BCUT2D eigenvalue weighted by Gasteiger charge is 2.22. The number of hydrogen-bond acceptors (Lipinski definition) is 3. The lowest BCUT2D eigenvalue weighted by molar-refractivity contribution is -0.112. The van der Waals surface area contributed by atoms with Crippen LogP contribution >= 0.6 is 46.4 Å². The first-order valence-corrected chi connectivity index (χ1v) is 12.5. The number of ketones is 1. The molecule has 3 nitrogen and oxygen atoms in total. The molecule has 1 aliphatic carbocycles. The number of furan rings is 2. The molecule has 5 rings (SSSR count). The summed E-state index contributed by atoms with van der Waals surface area (Å²) in [5.41, 5.74) is 2.77. The predicted octanol–water partition coefficient (Wildman–Crippen LogP) is 10.0. The fraction of sp³-hybridized carbons (Fsp3) is 0.107. The summed E-state index contributed by atoms with van der Waals surface area (Å²) in [5.74, 6) is 2.32. The lowest BCUT2D eigenvalue weighted by atomic mass is 9.88. The van der Waals surface area contributed by atoms with Gasteiger partial charge in [0.05, 0.1) is 20.1 Å². The minimum absolute atomic E-state index is 0.0197. The van der Waals surface area contributed by atoms with Gasteiger partial charge in [-0.05, 0) is 79.9 Å². The molecule has 1 saturated carbocycles. The van der Waals surface area contributed by atoms with Crippen molar-refractivity contribution >= 4 is 64.3 Å². The van der Waals surface area contributed by atoms with E-state index in [1.54, 1.807) is 24.3 Å². The van der Waals surface area contributed by atoms with Crippen LogP contribution in [0.15, 0.2) is 80.6 Å². The second kappa shape index (κ2) is 10.1. The topological polar surface area (TPSA) is 43.4 Å². The standard InChI is InChI=1S/C28H18Cl4O3/c29-22-8-2-6-20(26(22)31)24-12-10-18(34-24)14-16-4-1-5-17(28(16)33)15-19-11-13-25(35-19)21-7-3-9-23(30)27(21)32/h2-3,6-15H,1,4-5H2/b16-14-,17-15+. The van der Waals surface area contributed by atoms with Crippen LogP contribution in [0.3, 0.4) is 0 Å². The highest BCUT2D eigenvalue weighted by molar-refractivity contribution is 6.44. The molecule has 1 aliphatic rings. The van der Waals surface area contributed by atoms with Gasteiger partial charge in [-0.25, -0.2) is 0 Å². The van der Waals surface area contributed by atoms with Gasteiger partial charge >= 0.3 is 0 Å². The van der Waals surface area contributed by atoms with Gasteiger partial charge in [0.25, 0.3) is 0 Å². The number of benzene rings is 2. The molecule has 35 heavy (non-hydrogen) atoms. The minimum atomic E-state index is -0.0197. The van der Waals surface area contributed by atoms with Gasteiger partial charge in [-0.3, -0.25) is 4.79 Å². The van der Waals surface area contributed by atoms with E-state index in [1.807, 2.05) is 48.5 Å². The van der Waals surface area contributed by atoms with Gasteiger partial charge in [-0.15, -0.1) is 0 Å². The first-order chi connectivity index (χ1) is 16.9. The number of carbonyl (C=O) groups excluding carboxylic acids is 1. The van der Waals surface area contributed by atoms with Gasteiger partial charge in [0.15, 0.2) is 5.78 Å². The summed E-state index contributed by atoms with van der Waals surface area (Å²) >= 11 is 24.9. The highest BCUT2D eigenvalue weighted by Crippen LogP contribution is 2.37. The van der Waals surface area contributed by atoms with E-state index >= 15 is 0 Å². The Bertz CT molecular complexity index is 1380. The largest absolute Gasteiger partial charge is 0.457 e. The normalized spacial score (nSPS) is 16.4. The van der Waals surface area contributed by atoms with Crippen molar-refractivity contribution < 1.29 is 13.6 Å². The number of allylic oxidation sites excluding steroid dienone is 2. The second-order valence-corrected chi connectivity index (χ2v) is 9.70. The molecule has 0 spiro atoms. The quantitative estimate of drug-likeness (QED) is 0.240. The molecule has 0 unspecified atom stereocenters. The smallest absolute Gasteiger partial charge is 0.185 e. The van der Waals surface area contributed by atoms with Crippen LogP contribution in [0.25, 0.3) is 34.8 Å². The van der Waals surface area contributed by atoms with Crippen LogP contribution in [0.4, 0.5) is 0 Å². The van der Waals surface area contributed by atoms with Crippen molar-refractivity contribution in [2.75, 3.05) is 0 Å². The van der Waals surface area contributed by atoms with Crippen molar-refractivity contribution in [3.63, 3.8) is 0 Å². The number of Topliss-reactive ketones (excluding diaryl/α,β-unsaturated/α-hetero) is 1. The maximum atomic E-state index is 13.2. The van der Waals surface area contributed by atoms with Gasteiger partial charge in [-0.2, -0.15) is 0 Å². The van der Waals surface area contributed by atoms with Crippen LogP contribution in [0.5, 0.6) is 0 Å². The molecule has 0 aliphatic heterocycles. The molecule has 0 saturated heterocycles. The molecule has 0 bridgehead atoms. The summed E-state index contributed by atoms with van der Waals surface area (Å²) in [4.78, 5) is 13.2. The zero-order valence-corrected chi connectivity index (χ0v) is 21.3. The Morgan fingerprint density at radius 2 is 1.09 bits per heavy atom. The fourth-order valence-electron chi connectivity index (χ4n) is 4.06. The number of halogens is 4. The Morgan fingerprint density at radius 3 is 1.54 bits per heavy atom. The van der Waals surface area contributed by atoms with Gasteiger partial charge in [0.2, 0.25) is 0 Å². The molecular weight excluding hydrogens is 526 g/mol. The predicted molar refractivity (Wildman–Crippen MR) is 143 cm³/mol. The number of rotatable bonds is 4. The van der Waals surface area contributed by atoms with Crippen LogP contribution in [0.1, 0.15) is 30.8 Å². The summed E-state index contributed by atoms with van der Waals surface area (Å²) in [7, 11) is 0.